The molecular formula is C17H28BN3O. The Morgan fingerprint density at radius 3 is 2.09 bits per heavy atom. The van der Waals surface area contributed by atoms with E-state index in [1.807, 2.05) is 37.1 Å². The molecule has 1 heterocycles. The quantitative estimate of drug-likeness (QED) is 0.766. The number of rotatable bonds is 5. The highest BCUT2D eigenvalue weighted by Gasteiger charge is 2.47. The molecule has 0 saturated heterocycles. The molecule has 4 nitrogen and oxygen atoms in total. The standard InChI is InChI=1S/C17H28BN3O/c1-6-13-18(14-7-2)20(4)16(15-11-9-8-10-12-15)19(3)17(22)21(18)5/h8-12H,6-7,13-14H2,1-5H3. The van der Waals surface area contributed by atoms with E-state index in [9.17, 15) is 4.79 Å². The van der Waals surface area contributed by atoms with E-state index in [-0.39, 0.29) is 6.03 Å². The number of hydrogen-bond donors (Lipinski definition) is 0. The Hall–Kier alpha value is -1.78. The second-order valence-electron chi connectivity index (χ2n) is 6.46. The zero-order chi connectivity index (χ0) is 16.3. The van der Waals surface area contributed by atoms with Gasteiger partial charge in [-0.2, -0.15) is 4.90 Å². The first-order valence-corrected chi connectivity index (χ1v) is 8.35. The Morgan fingerprint density at radius 1 is 1.05 bits per heavy atom. The van der Waals surface area contributed by atoms with Crippen LogP contribution in [0.5, 0.6) is 0 Å². The number of carbonyl (C=O) groups excluding carboxylic acids is 1. The largest absolute Gasteiger partial charge is 0.440 e. The van der Waals surface area contributed by atoms with E-state index in [2.05, 4.69) is 37.5 Å². The number of carbonyl (C=O) groups is 1. The summed E-state index contributed by atoms with van der Waals surface area (Å²) in [5.41, 5.74) is 1.10. The minimum absolute atomic E-state index is 0.0962. The van der Waals surface area contributed by atoms with Gasteiger partial charge < -0.3 is 9.30 Å². The van der Waals surface area contributed by atoms with Crippen molar-refractivity contribution in [2.75, 3.05) is 21.1 Å². The van der Waals surface area contributed by atoms with Crippen LogP contribution in [0, 0.1) is 0 Å². The summed E-state index contributed by atoms with van der Waals surface area (Å²) < 4.78 is 2.36. The van der Waals surface area contributed by atoms with E-state index in [1.165, 1.54) is 0 Å². The number of nitrogens with zero attached hydrogens (tertiary/aromatic N) is 3. The molecule has 0 radical (unpaired) electrons. The Morgan fingerprint density at radius 2 is 1.59 bits per heavy atom. The third kappa shape index (κ3) is 2.53. The summed E-state index contributed by atoms with van der Waals surface area (Å²) in [5, 5.41) is 0. The zero-order valence-electron chi connectivity index (χ0n) is 14.5. The van der Waals surface area contributed by atoms with Gasteiger partial charge in [0.15, 0.2) is 0 Å². The molecule has 120 valence electrons. The van der Waals surface area contributed by atoms with E-state index in [1.54, 1.807) is 4.90 Å². The van der Waals surface area contributed by atoms with Crippen molar-refractivity contribution in [3.63, 3.8) is 0 Å². The maximum absolute atomic E-state index is 12.8. The van der Waals surface area contributed by atoms with Crippen LogP contribution in [0.25, 0.3) is 0 Å². The molecule has 1 aliphatic rings. The third-order valence-corrected chi connectivity index (χ3v) is 5.22. The second kappa shape index (κ2) is 6.55. The minimum atomic E-state index is -1.03. The monoisotopic (exact) mass is 301 g/mol. The molecule has 2 amide bonds. The maximum atomic E-state index is 12.8. The SMILES string of the molecule is CCC[B-]1(CCC)N(C)C(=O)N(C)C(c2ccccc2)=[N+]1C. The highest BCUT2D eigenvalue weighted by atomic mass is 16.2. The highest BCUT2D eigenvalue weighted by molar-refractivity contribution is 6.73. The van der Waals surface area contributed by atoms with Crippen LogP contribution < -0.4 is 0 Å². The van der Waals surface area contributed by atoms with E-state index in [0.717, 1.165) is 36.9 Å². The average Bonchev–Trinajstić information content (AvgIpc) is 2.53. The molecule has 5 heteroatoms. The van der Waals surface area contributed by atoms with Gasteiger partial charge in [-0.3, -0.25) is 0 Å². The highest BCUT2D eigenvalue weighted by Crippen LogP contribution is 2.29. The van der Waals surface area contributed by atoms with Crippen LogP contribution in [0.2, 0.25) is 12.6 Å². The number of amidine groups is 1. The maximum Gasteiger partial charge on any atom is 0.374 e. The molecule has 0 spiro atoms. The predicted octanol–water partition coefficient (Wildman–Crippen LogP) is 3.33. The van der Waals surface area contributed by atoms with Crippen LogP contribution in [0.15, 0.2) is 30.3 Å². The van der Waals surface area contributed by atoms with Crippen molar-refractivity contribution < 1.29 is 9.28 Å². The summed E-state index contributed by atoms with van der Waals surface area (Å²) in [5.74, 6) is 1.02. The zero-order valence-corrected chi connectivity index (χ0v) is 14.5. The first-order chi connectivity index (χ1) is 10.5. The van der Waals surface area contributed by atoms with Crippen molar-refractivity contribution in [2.24, 2.45) is 0 Å². The molecule has 0 aliphatic carbocycles. The summed E-state index contributed by atoms with van der Waals surface area (Å²) in [6.45, 7) is 4.40. The first kappa shape index (κ1) is 16.6. The van der Waals surface area contributed by atoms with Gasteiger partial charge in [-0.05, 0) is 19.2 Å². The van der Waals surface area contributed by atoms with Gasteiger partial charge in [0, 0.05) is 7.05 Å². The first-order valence-electron chi connectivity index (χ1n) is 8.35. The average molecular weight is 301 g/mol. The van der Waals surface area contributed by atoms with Crippen LogP contribution in [0.3, 0.4) is 0 Å². The molecule has 2 rings (SSSR count). The van der Waals surface area contributed by atoms with Gasteiger partial charge in [-0.15, -0.1) is 12.6 Å². The molecule has 0 saturated carbocycles. The van der Waals surface area contributed by atoms with Crippen molar-refractivity contribution in [1.82, 2.24) is 9.71 Å². The number of amides is 2. The summed E-state index contributed by atoms with van der Waals surface area (Å²) in [6, 6.07) is 10.3. The van der Waals surface area contributed by atoms with Crippen molar-refractivity contribution in [2.45, 2.75) is 39.3 Å². The van der Waals surface area contributed by atoms with Crippen molar-refractivity contribution >= 4 is 18.3 Å². The van der Waals surface area contributed by atoms with E-state index < -0.39 is 6.42 Å². The number of urea groups is 1. The van der Waals surface area contributed by atoms with E-state index >= 15 is 0 Å². The Kier molecular flexibility index (Phi) is 4.94. The summed E-state index contributed by atoms with van der Waals surface area (Å²) in [7, 11) is 5.98. The van der Waals surface area contributed by atoms with Crippen molar-refractivity contribution in [3.8, 4) is 0 Å². The molecule has 1 aromatic carbocycles. The summed E-state index contributed by atoms with van der Waals surface area (Å²) >= 11 is 0. The predicted molar refractivity (Wildman–Crippen MR) is 93.6 cm³/mol. The topological polar surface area (TPSA) is 26.6 Å². The molecule has 1 aromatic rings. The summed E-state index contributed by atoms with van der Waals surface area (Å²) in [4.78, 5) is 16.6. The van der Waals surface area contributed by atoms with Gasteiger partial charge in [0.25, 0.3) is 6.42 Å². The lowest BCUT2D eigenvalue weighted by Gasteiger charge is -2.51. The van der Waals surface area contributed by atoms with E-state index in [4.69, 9.17) is 0 Å². The fourth-order valence-electron chi connectivity index (χ4n) is 4.08. The van der Waals surface area contributed by atoms with Gasteiger partial charge in [-0.25, -0.2) is 4.79 Å². The smallest absolute Gasteiger partial charge is 0.374 e. The van der Waals surface area contributed by atoms with Crippen LogP contribution in [-0.4, -0.2) is 53.6 Å². The van der Waals surface area contributed by atoms with Crippen LogP contribution in [-0.2, 0) is 0 Å². The number of benzene rings is 1. The summed E-state index contributed by atoms with van der Waals surface area (Å²) in [6.07, 6.45) is 3.20. The Balaban J connectivity index is 2.66. The Labute approximate surface area is 134 Å². The second-order valence-corrected chi connectivity index (χ2v) is 6.46. The molecular weight excluding hydrogens is 273 g/mol. The van der Waals surface area contributed by atoms with Gasteiger partial charge in [0.1, 0.15) is 0 Å². The lowest BCUT2D eigenvalue weighted by atomic mass is 9.38. The molecule has 0 fully saturated rings. The number of hydrogen-bond acceptors (Lipinski definition) is 1. The van der Waals surface area contributed by atoms with Crippen LogP contribution >= 0.6 is 0 Å². The fraction of sp³-hybridized carbons (Fsp3) is 0.529. The van der Waals surface area contributed by atoms with Crippen LogP contribution in [0.1, 0.15) is 32.3 Å². The Bertz CT molecular complexity index is 565. The lowest BCUT2D eigenvalue weighted by molar-refractivity contribution is -0.383. The van der Waals surface area contributed by atoms with Gasteiger partial charge in [-0.1, -0.05) is 44.9 Å². The molecule has 0 unspecified atom stereocenters. The van der Waals surface area contributed by atoms with Crippen molar-refractivity contribution in [1.29, 1.82) is 0 Å². The molecule has 0 aromatic heterocycles. The molecule has 0 bridgehead atoms. The molecule has 22 heavy (non-hydrogen) atoms. The third-order valence-electron chi connectivity index (χ3n) is 5.22. The van der Waals surface area contributed by atoms with E-state index in [0.29, 0.717) is 0 Å². The van der Waals surface area contributed by atoms with Gasteiger partial charge in [0.05, 0.1) is 12.6 Å². The molecule has 1 aliphatic heterocycles. The lowest BCUT2D eigenvalue weighted by Crippen LogP contribution is -2.70. The van der Waals surface area contributed by atoms with Gasteiger partial charge in [0.2, 0.25) is 5.84 Å². The van der Waals surface area contributed by atoms with Crippen molar-refractivity contribution in [3.05, 3.63) is 35.9 Å². The van der Waals surface area contributed by atoms with Gasteiger partial charge >= 0.3 is 6.03 Å². The van der Waals surface area contributed by atoms with Crippen LogP contribution in [0.4, 0.5) is 4.79 Å². The fourth-order valence-corrected chi connectivity index (χ4v) is 4.08. The molecule has 0 atom stereocenters. The normalized spacial score (nSPS) is 18.1. The minimum Gasteiger partial charge on any atom is -0.440 e. The molecule has 0 N–H and O–H groups in total.